The van der Waals surface area contributed by atoms with Crippen LogP contribution in [0.3, 0.4) is 0 Å². The fourth-order valence-electron chi connectivity index (χ4n) is 2.66. The molecule has 0 saturated heterocycles. The van der Waals surface area contributed by atoms with Crippen molar-refractivity contribution in [3.8, 4) is 10.6 Å². The Kier molecular flexibility index (Phi) is 4.58. The van der Waals surface area contributed by atoms with Gasteiger partial charge in [0.25, 0.3) is 5.56 Å². The number of thiophene rings is 1. The minimum atomic E-state index is -0.277. The van der Waals surface area contributed by atoms with Crippen LogP contribution in [-0.2, 0) is 24.9 Å². The van der Waals surface area contributed by atoms with Gasteiger partial charge in [0.1, 0.15) is 18.3 Å². The zero-order valence-corrected chi connectivity index (χ0v) is 16.3. The van der Waals surface area contributed by atoms with Crippen LogP contribution in [0.5, 0.6) is 0 Å². The largest absolute Gasteiger partial charge is 0.350 e. The topological polar surface area (TPSA) is 94.7 Å². The molecule has 0 aliphatic rings. The summed E-state index contributed by atoms with van der Waals surface area (Å²) in [7, 11) is 1.72. The van der Waals surface area contributed by atoms with Crippen molar-refractivity contribution in [2.45, 2.75) is 20.0 Å². The molecule has 0 aromatic carbocycles. The van der Waals surface area contributed by atoms with Crippen molar-refractivity contribution in [2.24, 2.45) is 7.05 Å². The van der Waals surface area contributed by atoms with Gasteiger partial charge in [0, 0.05) is 17.3 Å². The average molecular weight is 400 g/mol. The lowest BCUT2D eigenvalue weighted by molar-refractivity contribution is -0.121. The van der Waals surface area contributed by atoms with Crippen molar-refractivity contribution in [1.29, 1.82) is 0 Å². The number of aromatic nitrogens is 5. The molecule has 4 rings (SSSR count). The van der Waals surface area contributed by atoms with E-state index in [2.05, 4.69) is 20.4 Å². The molecule has 138 valence electrons. The normalized spacial score (nSPS) is 11.2. The zero-order valence-electron chi connectivity index (χ0n) is 14.7. The van der Waals surface area contributed by atoms with E-state index in [0.29, 0.717) is 17.6 Å². The minimum Gasteiger partial charge on any atom is -0.350 e. The van der Waals surface area contributed by atoms with Gasteiger partial charge in [-0.05, 0) is 19.1 Å². The number of carbonyl (C=O) groups excluding carboxylic acids is 1. The molecule has 4 aromatic heterocycles. The molecule has 4 heterocycles. The molecule has 27 heavy (non-hydrogen) atoms. The van der Waals surface area contributed by atoms with E-state index >= 15 is 0 Å². The molecule has 0 fully saturated rings. The Balaban J connectivity index is 1.41. The lowest BCUT2D eigenvalue weighted by Gasteiger charge is -2.06. The second-order valence-electron chi connectivity index (χ2n) is 5.98. The van der Waals surface area contributed by atoms with Gasteiger partial charge in [-0.25, -0.2) is 9.97 Å². The van der Waals surface area contributed by atoms with Gasteiger partial charge in [-0.3, -0.25) is 18.8 Å². The third-order valence-electron chi connectivity index (χ3n) is 4.02. The van der Waals surface area contributed by atoms with Gasteiger partial charge in [-0.2, -0.15) is 5.10 Å². The molecule has 10 heteroatoms. The smallest absolute Gasteiger partial charge is 0.264 e. The highest BCUT2D eigenvalue weighted by Gasteiger charge is 2.11. The summed E-state index contributed by atoms with van der Waals surface area (Å²) in [6.45, 7) is 2.30. The molecule has 0 radical (unpaired) electrons. The van der Waals surface area contributed by atoms with Crippen LogP contribution in [0.15, 0.2) is 34.8 Å². The Hall–Kier alpha value is -2.85. The van der Waals surface area contributed by atoms with Crippen molar-refractivity contribution in [3.63, 3.8) is 0 Å². The number of aryl methyl sites for hydroxylation is 2. The van der Waals surface area contributed by atoms with Gasteiger partial charge < -0.3 is 5.32 Å². The summed E-state index contributed by atoms with van der Waals surface area (Å²) in [6.07, 6.45) is 2.84. The van der Waals surface area contributed by atoms with E-state index in [9.17, 15) is 9.59 Å². The third kappa shape index (κ3) is 3.53. The number of nitrogens with zero attached hydrogens (tertiary/aromatic N) is 5. The predicted molar refractivity (Wildman–Crippen MR) is 105 cm³/mol. The summed E-state index contributed by atoms with van der Waals surface area (Å²) in [4.78, 5) is 35.4. The second kappa shape index (κ2) is 7.05. The number of fused-ring (bicyclic) bond motifs is 1. The van der Waals surface area contributed by atoms with Crippen molar-refractivity contribution < 1.29 is 4.79 Å². The maximum absolute atomic E-state index is 12.4. The van der Waals surface area contributed by atoms with Crippen LogP contribution >= 0.6 is 22.7 Å². The van der Waals surface area contributed by atoms with Gasteiger partial charge in [0.2, 0.25) is 5.91 Å². The Morgan fingerprint density at radius 1 is 1.33 bits per heavy atom. The van der Waals surface area contributed by atoms with Gasteiger partial charge >= 0.3 is 0 Å². The molecule has 0 saturated carbocycles. The number of hydrogen-bond donors (Lipinski definition) is 1. The highest BCUT2D eigenvalue weighted by Crippen LogP contribution is 2.28. The van der Waals surface area contributed by atoms with Crippen LogP contribution < -0.4 is 10.9 Å². The van der Waals surface area contributed by atoms with E-state index in [1.54, 1.807) is 29.7 Å². The fourth-order valence-corrected chi connectivity index (χ4v) is 4.26. The van der Waals surface area contributed by atoms with Crippen LogP contribution in [0.25, 0.3) is 21.6 Å². The van der Waals surface area contributed by atoms with Crippen LogP contribution in [-0.4, -0.2) is 30.2 Å². The molecule has 4 aromatic rings. The molecule has 0 spiro atoms. The molecule has 0 aliphatic heterocycles. The van der Waals surface area contributed by atoms with Crippen LogP contribution in [0.2, 0.25) is 0 Å². The van der Waals surface area contributed by atoms with Gasteiger partial charge in [-0.15, -0.1) is 22.7 Å². The summed E-state index contributed by atoms with van der Waals surface area (Å²) in [5.74, 6) is -0.249. The molecule has 0 bridgehead atoms. The number of thiazole rings is 1. The summed E-state index contributed by atoms with van der Waals surface area (Å²) >= 11 is 3.21. The first kappa shape index (κ1) is 17.6. The molecule has 8 nitrogen and oxygen atoms in total. The quantitative estimate of drug-likeness (QED) is 0.552. The van der Waals surface area contributed by atoms with Crippen LogP contribution in [0, 0.1) is 6.92 Å². The Labute approximate surface area is 162 Å². The van der Waals surface area contributed by atoms with Gasteiger partial charge in [0.15, 0.2) is 5.65 Å². The lowest BCUT2D eigenvalue weighted by Crippen LogP contribution is -2.32. The SMILES string of the molecule is Cc1nc(-c2ccc(CNC(=O)Cn3cnc4c(cnn4C)c3=O)s2)cs1. The van der Waals surface area contributed by atoms with Crippen molar-refractivity contribution in [1.82, 2.24) is 29.6 Å². The first-order valence-corrected chi connectivity index (χ1v) is 9.86. The Bertz CT molecular complexity index is 1190. The van der Waals surface area contributed by atoms with E-state index in [1.807, 2.05) is 24.4 Å². The first-order chi connectivity index (χ1) is 13.0. The number of hydrogen-bond acceptors (Lipinski definition) is 7. The summed E-state index contributed by atoms with van der Waals surface area (Å²) in [5, 5.41) is 10.3. The second-order valence-corrected chi connectivity index (χ2v) is 8.21. The highest BCUT2D eigenvalue weighted by molar-refractivity contribution is 7.16. The van der Waals surface area contributed by atoms with Crippen LogP contribution in [0.1, 0.15) is 9.88 Å². The standard InChI is InChI=1S/C17H16N6O2S2/c1-10-21-13(8-26-10)14-4-3-11(27-14)5-18-15(24)7-23-9-19-16-12(17(23)25)6-20-22(16)2/h3-4,6,8-9H,5,7H2,1-2H3,(H,18,24). The molecule has 1 amide bonds. The maximum Gasteiger partial charge on any atom is 0.264 e. The van der Waals surface area contributed by atoms with E-state index < -0.39 is 0 Å². The third-order valence-corrected chi connectivity index (χ3v) is 5.91. The summed E-state index contributed by atoms with van der Waals surface area (Å²) in [5.41, 5.74) is 1.18. The number of amides is 1. The molecular formula is C17H16N6O2S2. The Morgan fingerprint density at radius 3 is 2.96 bits per heavy atom. The van der Waals surface area contributed by atoms with Gasteiger partial charge in [-0.1, -0.05) is 0 Å². The summed E-state index contributed by atoms with van der Waals surface area (Å²) < 4.78 is 2.82. The predicted octanol–water partition coefficient (Wildman–Crippen LogP) is 1.94. The zero-order chi connectivity index (χ0) is 19.0. The Morgan fingerprint density at radius 2 is 2.19 bits per heavy atom. The van der Waals surface area contributed by atoms with E-state index in [1.165, 1.54) is 21.8 Å². The van der Waals surface area contributed by atoms with Crippen molar-refractivity contribution in [2.75, 3.05) is 0 Å². The van der Waals surface area contributed by atoms with Crippen molar-refractivity contribution >= 4 is 39.6 Å². The lowest BCUT2D eigenvalue weighted by atomic mass is 10.3. The maximum atomic E-state index is 12.4. The number of rotatable bonds is 5. The van der Waals surface area contributed by atoms with Gasteiger partial charge in [0.05, 0.1) is 28.3 Å². The highest BCUT2D eigenvalue weighted by atomic mass is 32.1. The fraction of sp³-hybridized carbons (Fsp3) is 0.235. The van der Waals surface area contributed by atoms with E-state index in [4.69, 9.17) is 0 Å². The monoisotopic (exact) mass is 400 g/mol. The molecular weight excluding hydrogens is 384 g/mol. The first-order valence-electron chi connectivity index (χ1n) is 8.16. The van der Waals surface area contributed by atoms with Crippen LogP contribution in [0.4, 0.5) is 0 Å². The van der Waals surface area contributed by atoms with E-state index in [-0.39, 0.29) is 18.0 Å². The molecule has 0 unspecified atom stereocenters. The molecule has 1 N–H and O–H groups in total. The number of nitrogens with one attached hydrogen (secondary N) is 1. The molecule has 0 aliphatic carbocycles. The van der Waals surface area contributed by atoms with E-state index in [0.717, 1.165) is 20.5 Å². The van der Waals surface area contributed by atoms with Crippen molar-refractivity contribution in [3.05, 3.63) is 50.3 Å². The molecule has 0 atom stereocenters. The number of carbonyl (C=O) groups is 1. The minimum absolute atomic E-state index is 0.0832. The average Bonchev–Trinajstić information content (AvgIpc) is 3.36. The summed E-state index contributed by atoms with van der Waals surface area (Å²) in [6, 6.07) is 3.98.